The van der Waals surface area contributed by atoms with Crippen molar-refractivity contribution in [1.82, 2.24) is 5.32 Å². The van der Waals surface area contributed by atoms with Gasteiger partial charge in [0.05, 0.1) is 7.11 Å². The van der Waals surface area contributed by atoms with E-state index in [0.29, 0.717) is 0 Å². The van der Waals surface area contributed by atoms with Gasteiger partial charge in [-0.1, -0.05) is 6.07 Å². The number of rotatable bonds is 1. The molecule has 2 heterocycles. The fraction of sp³-hybridized carbons (Fsp3) is 0.571. The molecule has 3 rings (SSSR count). The molecule has 1 aromatic rings. The number of ether oxygens (including phenoxy) is 2. The molecule has 2 atom stereocenters. The van der Waals surface area contributed by atoms with Crippen molar-refractivity contribution < 1.29 is 9.47 Å². The molecule has 2 aliphatic rings. The summed E-state index contributed by atoms with van der Waals surface area (Å²) in [6, 6.07) is 5.96. The average Bonchev–Trinajstić information content (AvgIpc) is 2.38. The maximum atomic E-state index is 6.29. The summed E-state index contributed by atoms with van der Waals surface area (Å²) in [5, 5.41) is 3.41. The lowest BCUT2D eigenvalue weighted by Crippen LogP contribution is -2.53. The van der Waals surface area contributed by atoms with Crippen LogP contribution in [0.4, 0.5) is 0 Å². The monoisotopic (exact) mass is 248 g/mol. The zero-order chi connectivity index (χ0) is 12.6. The highest BCUT2D eigenvalue weighted by molar-refractivity contribution is 5.44. The van der Waals surface area contributed by atoms with Crippen LogP contribution in [0.2, 0.25) is 0 Å². The van der Waals surface area contributed by atoms with Crippen molar-refractivity contribution in [2.75, 3.05) is 20.2 Å². The maximum Gasteiger partial charge on any atom is 0.128 e. The Kier molecular flexibility index (Phi) is 2.92. The minimum Gasteiger partial charge on any atom is -0.497 e. The third kappa shape index (κ3) is 1.95. The molecule has 0 aliphatic carbocycles. The van der Waals surface area contributed by atoms with E-state index in [2.05, 4.69) is 5.32 Å². The zero-order valence-electron chi connectivity index (χ0n) is 10.7. The van der Waals surface area contributed by atoms with Gasteiger partial charge in [-0.2, -0.15) is 0 Å². The summed E-state index contributed by atoms with van der Waals surface area (Å²) in [5.74, 6) is 1.71. The SMILES string of the molecule is COc1ccc2c(c1)OC1(CCCNC1)CC2N. The van der Waals surface area contributed by atoms with E-state index < -0.39 is 0 Å². The second-order valence-electron chi connectivity index (χ2n) is 5.28. The smallest absolute Gasteiger partial charge is 0.128 e. The first-order valence-corrected chi connectivity index (χ1v) is 6.56. The van der Waals surface area contributed by atoms with Gasteiger partial charge in [-0.15, -0.1) is 0 Å². The van der Waals surface area contributed by atoms with E-state index in [0.717, 1.165) is 49.4 Å². The van der Waals surface area contributed by atoms with Gasteiger partial charge in [0, 0.05) is 30.6 Å². The van der Waals surface area contributed by atoms with Crippen LogP contribution in [0.5, 0.6) is 11.5 Å². The Morgan fingerprint density at radius 2 is 2.39 bits per heavy atom. The zero-order valence-corrected chi connectivity index (χ0v) is 10.7. The third-order valence-electron chi connectivity index (χ3n) is 3.97. The minimum atomic E-state index is -0.128. The molecule has 1 saturated heterocycles. The number of nitrogens with two attached hydrogens (primary N) is 1. The number of fused-ring (bicyclic) bond motifs is 1. The molecule has 1 spiro atoms. The highest BCUT2D eigenvalue weighted by Crippen LogP contribution is 2.42. The molecular formula is C14H20N2O2. The van der Waals surface area contributed by atoms with Crippen LogP contribution in [-0.2, 0) is 0 Å². The highest BCUT2D eigenvalue weighted by atomic mass is 16.5. The predicted molar refractivity (Wildman–Crippen MR) is 70.0 cm³/mol. The van der Waals surface area contributed by atoms with Crippen molar-refractivity contribution in [1.29, 1.82) is 0 Å². The Bertz CT molecular complexity index is 441. The van der Waals surface area contributed by atoms with E-state index in [1.54, 1.807) is 7.11 Å². The Morgan fingerprint density at radius 3 is 3.11 bits per heavy atom. The molecule has 2 unspecified atom stereocenters. The standard InChI is InChI=1S/C14H20N2O2/c1-17-10-3-4-11-12(15)8-14(18-13(11)7-10)5-2-6-16-9-14/h3-4,7,12,16H,2,5-6,8-9,15H2,1H3. The molecule has 0 radical (unpaired) electrons. The number of methoxy groups -OCH3 is 1. The predicted octanol–water partition coefficient (Wildman–Crippen LogP) is 1.60. The topological polar surface area (TPSA) is 56.5 Å². The van der Waals surface area contributed by atoms with Gasteiger partial charge < -0.3 is 20.5 Å². The molecule has 4 heteroatoms. The van der Waals surface area contributed by atoms with Crippen LogP contribution in [0, 0.1) is 0 Å². The van der Waals surface area contributed by atoms with Gasteiger partial charge >= 0.3 is 0 Å². The van der Waals surface area contributed by atoms with Crippen LogP contribution in [0.1, 0.15) is 30.9 Å². The Labute approximate surface area is 107 Å². The molecule has 1 aromatic carbocycles. The molecule has 1 fully saturated rings. The third-order valence-corrected chi connectivity index (χ3v) is 3.97. The van der Waals surface area contributed by atoms with Crippen LogP contribution in [-0.4, -0.2) is 25.8 Å². The largest absolute Gasteiger partial charge is 0.497 e. The first-order valence-electron chi connectivity index (χ1n) is 6.56. The van der Waals surface area contributed by atoms with E-state index in [-0.39, 0.29) is 11.6 Å². The summed E-state index contributed by atoms with van der Waals surface area (Å²) < 4.78 is 11.5. The van der Waals surface area contributed by atoms with Crippen molar-refractivity contribution in [2.45, 2.75) is 30.9 Å². The van der Waals surface area contributed by atoms with Crippen molar-refractivity contribution in [3.63, 3.8) is 0 Å². The number of nitrogens with one attached hydrogen (secondary N) is 1. The van der Waals surface area contributed by atoms with Gasteiger partial charge in [0.1, 0.15) is 17.1 Å². The van der Waals surface area contributed by atoms with E-state index in [1.165, 1.54) is 0 Å². The number of hydrogen-bond donors (Lipinski definition) is 2. The van der Waals surface area contributed by atoms with Gasteiger partial charge in [-0.3, -0.25) is 0 Å². The first-order chi connectivity index (χ1) is 8.72. The summed E-state index contributed by atoms with van der Waals surface area (Å²) in [6.07, 6.45) is 3.11. The molecule has 0 aromatic heterocycles. The molecule has 98 valence electrons. The molecular weight excluding hydrogens is 228 g/mol. The van der Waals surface area contributed by atoms with Crippen molar-refractivity contribution >= 4 is 0 Å². The van der Waals surface area contributed by atoms with Crippen molar-refractivity contribution in [3.8, 4) is 11.5 Å². The van der Waals surface area contributed by atoms with Crippen LogP contribution < -0.4 is 20.5 Å². The molecule has 0 amide bonds. The van der Waals surface area contributed by atoms with Crippen LogP contribution in [0.3, 0.4) is 0 Å². The lowest BCUT2D eigenvalue weighted by atomic mass is 9.82. The summed E-state index contributed by atoms with van der Waals surface area (Å²) in [7, 11) is 1.67. The molecule has 4 nitrogen and oxygen atoms in total. The lowest BCUT2D eigenvalue weighted by Gasteiger charge is -2.43. The molecule has 3 N–H and O–H groups in total. The summed E-state index contributed by atoms with van der Waals surface area (Å²) >= 11 is 0. The maximum absolute atomic E-state index is 6.29. The van der Waals surface area contributed by atoms with Gasteiger partial charge in [-0.25, -0.2) is 0 Å². The Hall–Kier alpha value is -1.26. The van der Waals surface area contributed by atoms with Gasteiger partial charge in [0.2, 0.25) is 0 Å². The van der Waals surface area contributed by atoms with E-state index in [9.17, 15) is 0 Å². The molecule has 0 bridgehead atoms. The first kappa shape index (κ1) is 11.8. The Balaban J connectivity index is 1.94. The summed E-state index contributed by atoms with van der Waals surface area (Å²) in [6.45, 7) is 1.96. The molecule has 0 saturated carbocycles. The summed E-state index contributed by atoms with van der Waals surface area (Å²) in [5.41, 5.74) is 7.26. The Morgan fingerprint density at radius 1 is 1.50 bits per heavy atom. The fourth-order valence-corrected chi connectivity index (χ4v) is 3.02. The van der Waals surface area contributed by atoms with Crippen LogP contribution in [0.25, 0.3) is 0 Å². The minimum absolute atomic E-state index is 0.0551. The second kappa shape index (κ2) is 4.44. The van der Waals surface area contributed by atoms with E-state index >= 15 is 0 Å². The normalized spacial score (nSPS) is 30.7. The second-order valence-corrected chi connectivity index (χ2v) is 5.28. The van der Waals surface area contributed by atoms with Crippen molar-refractivity contribution in [2.24, 2.45) is 5.73 Å². The van der Waals surface area contributed by atoms with Crippen LogP contribution >= 0.6 is 0 Å². The average molecular weight is 248 g/mol. The quantitative estimate of drug-likeness (QED) is 0.792. The highest BCUT2D eigenvalue weighted by Gasteiger charge is 2.40. The van der Waals surface area contributed by atoms with Gasteiger partial charge in [-0.05, 0) is 25.5 Å². The van der Waals surface area contributed by atoms with E-state index in [4.69, 9.17) is 15.2 Å². The van der Waals surface area contributed by atoms with Gasteiger partial charge in [0.15, 0.2) is 0 Å². The number of piperidine rings is 1. The van der Waals surface area contributed by atoms with Gasteiger partial charge in [0.25, 0.3) is 0 Å². The molecule has 2 aliphatic heterocycles. The van der Waals surface area contributed by atoms with Crippen LogP contribution in [0.15, 0.2) is 18.2 Å². The number of hydrogen-bond acceptors (Lipinski definition) is 4. The summed E-state index contributed by atoms with van der Waals surface area (Å²) in [4.78, 5) is 0. The van der Waals surface area contributed by atoms with Crippen molar-refractivity contribution in [3.05, 3.63) is 23.8 Å². The molecule has 18 heavy (non-hydrogen) atoms. The lowest BCUT2D eigenvalue weighted by molar-refractivity contribution is 0.0135. The number of benzene rings is 1. The van der Waals surface area contributed by atoms with E-state index in [1.807, 2.05) is 18.2 Å². The fourth-order valence-electron chi connectivity index (χ4n) is 3.02.